The molecule has 2 amide bonds. The number of nitrogens with two attached hydrogens (primary N) is 1. The molecule has 13 heteroatoms. The van der Waals surface area contributed by atoms with Gasteiger partial charge in [-0.3, -0.25) is 19.7 Å². The van der Waals surface area contributed by atoms with Crippen LogP contribution in [0, 0.1) is 10.1 Å². The summed E-state index contributed by atoms with van der Waals surface area (Å²) in [7, 11) is 0. The number of nitro groups is 1. The Kier molecular flexibility index (Phi) is 6.96. The number of carbonyl (C=O) groups is 2. The van der Waals surface area contributed by atoms with Crippen molar-refractivity contribution in [1.82, 2.24) is 15.3 Å². The van der Waals surface area contributed by atoms with E-state index in [1.165, 1.54) is 6.33 Å². The van der Waals surface area contributed by atoms with Crippen LogP contribution in [0.2, 0.25) is 5.02 Å². The van der Waals surface area contributed by atoms with Gasteiger partial charge in [0.2, 0.25) is 23.5 Å². The minimum absolute atomic E-state index is 0.0975. The molecule has 1 aromatic carbocycles. The third-order valence-electron chi connectivity index (χ3n) is 6.00. The number of nitrogens with zero attached hydrogens (tertiary/aromatic N) is 6. The molecule has 0 bridgehead atoms. The molecule has 0 radical (unpaired) electrons. The molecule has 34 heavy (non-hydrogen) atoms. The first-order valence-electron chi connectivity index (χ1n) is 10.9. The topological polar surface area (TPSA) is 151 Å². The van der Waals surface area contributed by atoms with Gasteiger partial charge in [0.25, 0.3) is 0 Å². The summed E-state index contributed by atoms with van der Waals surface area (Å²) in [6.45, 7) is 2.36. The second kappa shape index (κ2) is 10.1. The molecule has 0 spiro atoms. The van der Waals surface area contributed by atoms with Crippen LogP contribution in [-0.4, -0.2) is 72.0 Å². The van der Waals surface area contributed by atoms with Gasteiger partial charge in [-0.25, -0.2) is 9.97 Å². The van der Waals surface area contributed by atoms with Gasteiger partial charge in [0.1, 0.15) is 12.4 Å². The number of aromatic nitrogens is 2. The van der Waals surface area contributed by atoms with Gasteiger partial charge in [0.05, 0.1) is 22.2 Å². The Morgan fingerprint density at radius 1 is 1.12 bits per heavy atom. The van der Waals surface area contributed by atoms with Crippen LogP contribution >= 0.6 is 11.6 Å². The number of piperazine rings is 1. The Balaban J connectivity index is 1.56. The Morgan fingerprint density at radius 2 is 1.79 bits per heavy atom. The lowest BCUT2D eigenvalue weighted by molar-refractivity contribution is -0.383. The Morgan fingerprint density at radius 3 is 2.47 bits per heavy atom. The SMILES string of the molecule is NC(=O)CNC(=O)C1CCCN1c1ncnc(N2CCN(c3ccccc3Cl)CC2)c1[N+](=O)[O-]. The van der Waals surface area contributed by atoms with Gasteiger partial charge in [-0.2, -0.15) is 0 Å². The standard InChI is InChI=1S/C21H25ClN8O4/c22-14-4-1-2-5-15(14)27-8-10-28(11-9-27)19-18(30(33)34)20(26-13-25-19)29-7-3-6-16(29)21(32)24-12-17(23)31/h1-2,4-5,13,16H,3,6-12H2,(H2,23,31)(H,24,32). The lowest BCUT2D eigenvalue weighted by Gasteiger charge is -2.37. The molecule has 2 fully saturated rings. The van der Waals surface area contributed by atoms with Crippen molar-refractivity contribution >= 4 is 46.4 Å². The number of benzene rings is 1. The fourth-order valence-corrected chi connectivity index (χ4v) is 4.67. The second-order valence-electron chi connectivity index (χ2n) is 8.09. The molecular formula is C21H25ClN8O4. The number of anilines is 3. The summed E-state index contributed by atoms with van der Waals surface area (Å²) in [5.74, 6) is -0.763. The summed E-state index contributed by atoms with van der Waals surface area (Å²) >= 11 is 6.32. The van der Waals surface area contributed by atoms with E-state index in [9.17, 15) is 19.7 Å². The van der Waals surface area contributed by atoms with E-state index in [2.05, 4.69) is 20.2 Å². The average molecular weight is 489 g/mol. The van der Waals surface area contributed by atoms with Crippen LogP contribution in [0.15, 0.2) is 30.6 Å². The molecule has 180 valence electrons. The minimum atomic E-state index is -0.683. The summed E-state index contributed by atoms with van der Waals surface area (Å²) in [4.78, 5) is 49.3. The maximum absolute atomic E-state index is 12.6. The summed E-state index contributed by atoms with van der Waals surface area (Å²) in [5.41, 5.74) is 5.80. The predicted octanol–water partition coefficient (Wildman–Crippen LogP) is 0.935. The molecule has 3 heterocycles. The van der Waals surface area contributed by atoms with E-state index in [0.29, 0.717) is 50.6 Å². The van der Waals surface area contributed by atoms with Gasteiger partial charge in [-0.1, -0.05) is 23.7 Å². The molecule has 2 aromatic rings. The Labute approximate surface area is 200 Å². The van der Waals surface area contributed by atoms with Crippen LogP contribution < -0.4 is 25.8 Å². The molecule has 2 aliphatic rings. The van der Waals surface area contributed by atoms with Gasteiger partial charge in [-0.15, -0.1) is 0 Å². The summed E-state index contributed by atoms with van der Waals surface area (Å²) in [6, 6.07) is 6.88. The smallest absolute Gasteiger partial charge is 0.353 e. The van der Waals surface area contributed by atoms with Crippen molar-refractivity contribution in [3.05, 3.63) is 45.7 Å². The van der Waals surface area contributed by atoms with E-state index in [-0.39, 0.29) is 23.9 Å². The Bertz CT molecular complexity index is 1090. The zero-order chi connectivity index (χ0) is 24.2. The molecule has 1 atom stereocenters. The second-order valence-corrected chi connectivity index (χ2v) is 8.49. The summed E-state index contributed by atoms with van der Waals surface area (Å²) < 4.78 is 0. The quantitative estimate of drug-likeness (QED) is 0.428. The van der Waals surface area contributed by atoms with Crippen LogP contribution in [0.4, 0.5) is 23.0 Å². The number of rotatable bonds is 7. The number of hydrogen-bond donors (Lipinski definition) is 2. The van der Waals surface area contributed by atoms with Crippen molar-refractivity contribution < 1.29 is 14.5 Å². The average Bonchev–Trinajstić information content (AvgIpc) is 3.32. The first-order valence-corrected chi connectivity index (χ1v) is 11.3. The van der Waals surface area contributed by atoms with Crippen molar-refractivity contribution in [2.75, 3.05) is 54.0 Å². The number of primary amides is 1. The van der Waals surface area contributed by atoms with E-state index < -0.39 is 22.8 Å². The number of para-hydroxylation sites is 1. The highest BCUT2D eigenvalue weighted by molar-refractivity contribution is 6.33. The van der Waals surface area contributed by atoms with Crippen molar-refractivity contribution in [3.63, 3.8) is 0 Å². The Hall–Kier alpha value is -3.67. The first kappa shape index (κ1) is 23.5. The van der Waals surface area contributed by atoms with Crippen LogP contribution in [0.1, 0.15) is 12.8 Å². The monoisotopic (exact) mass is 488 g/mol. The predicted molar refractivity (Wildman–Crippen MR) is 127 cm³/mol. The first-order chi connectivity index (χ1) is 16.4. The molecular weight excluding hydrogens is 464 g/mol. The number of nitrogens with one attached hydrogen (secondary N) is 1. The maximum Gasteiger partial charge on any atom is 0.353 e. The van der Waals surface area contributed by atoms with Crippen LogP contribution in [0.5, 0.6) is 0 Å². The lowest BCUT2D eigenvalue weighted by Crippen LogP contribution is -2.48. The van der Waals surface area contributed by atoms with E-state index in [4.69, 9.17) is 17.3 Å². The minimum Gasteiger partial charge on any atom is -0.368 e. The summed E-state index contributed by atoms with van der Waals surface area (Å²) in [6.07, 6.45) is 2.42. The zero-order valence-electron chi connectivity index (χ0n) is 18.4. The number of hydrogen-bond acceptors (Lipinski definition) is 9. The number of amides is 2. The van der Waals surface area contributed by atoms with Crippen LogP contribution in [-0.2, 0) is 9.59 Å². The van der Waals surface area contributed by atoms with Crippen molar-refractivity contribution in [2.45, 2.75) is 18.9 Å². The molecule has 4 rings (SSSR count). The molecule has 0 aliphatic carbocycles. The molecule has 3 N–H and O–H groups in total. The largest absolute Gasteiger partial charge is 0.368 e. The van der Waals surface area contributed by atoms with Crippen molar-refractivity contribution in [2.24, 2.45) is 5.73 Å². The molecule has 1 aromatic heterocycles. The van der Waals surface area contributed by atoms with E-state index in [1.807, 2.05) is 29.2 Å². The van der Waals surface area contributed by atoms with Crippen LogP contribution in [0.25, 0.3) is 0 Å². The number of carbonyl (C=O) groups excluding carboxylic acids is 2. The van der Waals surface area contributed by atoms with E-state index >= 15 is 0 Å². The molecule has 12 nitrogen and oxygen atoms in total. The maximum atomic E-state index is 12.6. The highest BCUT2D eigenvalue weighted by Gasteiger charge is 2.38. The molecule has 0 saturated carbocycles. The van der Waals surface area contributed by atoms with Gasteiger partial charge in [0.15, 0.2) is 0 Å². The third kappa shape index (κ3) is 4.81. The van der Waals surface area contributed by atoms with Crippen LogP contribution in [0.3, 0.4) is 0 Å². The van der Waals surface area contributed by atoms with Gasteiger partial charge >= 0.3 is 5.69 Å². The van der Waals surface area contributed by atoms with Crippen molar-refractivity contribution in [3.8, 4) is 0 Å². The van der Waals surface area contributed by atoms with E-state index in [1.54, 1.807) is 4.90 Å². The van der Waals surface area contributed by atoms with E-state index in [0.717, 1.165) is 5.69 Å². The van der Waals surface area contributed by atoms with Gasteiger partial charge in [0, 0.05) is 32.7 Å². The molecule has 2 saturated heterocycles. The normalized spacial score (nSPS) is 18.1. The third-order valence-corrected chi connectivity index (χ3v) is 6.32. The lowest BCUT2D eigenvalue weighted by atomic mass is 10.2. The fraction of sp³-hybridized carbons (Fsp3) is 0.429. The molecule has 1 unspecified atom stereocenters. The van der Waals surface area contributed by atoms with Crippen molar-refractivity contribution in [1.29, 1.82) is 0 Å². The van der Waals surface area contributed by atoms with Gasteiger partial charge in [-0.05, 0) is 25.0 Å². The fourth-order valence-electron chi connectivity index (χ4n) is 4.42. The number of halogens is 1. The zero-order valence-corrected chi connectivity index (χ0v) is 19.1. The highest BCUT2D eigenvalue weighted by Crippen LogP contribution is 2.38. The molecule has 2 aliphatic heterocycles. The van der Waals surface area contributed by atoms with Gasteiger partial charge < -0.3 is 25.8 Å². The highest BCUT2D eigenvalue weighted by atomic mass is 35.5. The summed E-state index contributed by atoms with van der Waals surface area (Å²) in [5, 5.41) is 15.3.